The highest BCUT2D eigenvalue weighted by Crippen LogP contribution is 2.13. The van der Waals surface area contributed by atoms with Crippen molar-refractivity contribution >= 4 is 29.1 Å². The van der Waals surface area contributed by atoms with Gasteiger partial charge < -0.3 is 15.1 Å². The Morgan fingerprint density at radius 1 is 1.07 bits per heavy atom. The molecule has 2 N–H and O–H groups in total. The molecule has 0 radical (unpaired) electrons. The fourth-order valence-electron chi connectivity index (χ4n) is 2.84. The lowest BCUT2D eigenvalue weighted by molar-refractivity contribution is -0.862. The van der Waals surface area contributed by atoms with Crippen LogP contribution in [0.2, 0.25) is 5.02 Å². The lowest BCUT2D eigenvalue weighted by Gasteiger charge is -2.21. The molecule has 0 aliphatic carbocycles. The number of halogens is 1. The smallest absolute Gasteiger partial charge is 0.279 e. The van der Waals surface area contributed by atoms with Gasteiger partial charge in [-0.1, -0.05) is 35.4 Å². The predicted octanol–water partition coefficient (Wildman–Crippen LogP) is 2.07. The molecule has 0 aliphatic rings. The Labute approximate surface area is 165 Å². The molecule has 2 amide bonds. The zero-order valence-corrected chi connectivity index (χ0v) is 17.1. The fraction of sp³-hybridized carbons (Fsp3) is 0.333. The normalized spacial score (nSPS) is 11.7. The number of benzene rings is 2. The van der Waals surface area contributed by atoms with Crippen LogP contribution in [0, 0.1) is 13.8 Å². The Kier molecular flexibility index (Phi) is 7.39. The molecule has 6 heteroatoms. The van der Waals surface area contributed by atoms with Gasteiger partial charge in [-0.05, 0) is 49.2 Å². The van der Waals surface area contributed by atoms with E-state index in [2.05, 4.69) is 37.4 Å². The minimum Gasteiger partial charge on any atom is -0.337 e. The molecule has 0 bridgehead atoms. The summed E-state index contributed by atoms with van der Waals surface area (Å²) in [6, 6.07) is 13.2. The van der Waals surface area contributed by atoms with Gasteiger partial charge in [-0.25, -0.2) is 0 Å². The van der Waals surface area contributed by atoms with Crippen LogP contribution in [0.5, 0.6) is 0 Å². The average Bonchev–Trinajstić information content (AvgIpc) is 2.59. The third-order valence-electron chi connectivity index (χ3n) is 4.37. The number of hydrogen-bond donors (Lipinski definition) is 2. The third-order valence-corrected chi connectivity index (χ3v) is 4.63. The van der Waals surface area contributed by atoms with Crippen LogP contribution >= 0.6 is 11.6 Å². The van der Waals surface area contributed by atoms with Gasteiger partial charge >= 0.3 is 0 Å². The zero-order valence-electron chi connectivity index (χ0n) is 16.3. The molecule has 0 saturated carbocycles. The second kappa shape index (κ2) is 9.53. The van der Waals surface area contributed by atoms with E-state index in [9.17, 15) is 9.59 Å². The summed E-state index contributed by atoms with van der Waals surface area (Å²) in [5.41, 5.74) is 4.21. The van der Waals surface area contributed by atoms with Crippen LogP contribution in [0.3, 0.4) is 0 Å². The number of anilines is 1. The van der Waals surface area contributed by atoms with E-state index in [-0.39, 0.29) is 24.9 Å². The number of amides is 2. The first-order chi connectivity index (χ1) is 12.7. The number of quaternary nitrogens is 1. The van der Waals surface area contributed by atoms with Gasteiger partial charge in [0.15, 0.2) is 13.1 Å². The number of aryl methyl sites for hydroxylation is 2. The van der Waals surface area contributed by atoms with Crippen LogP contribution in [0.1, 0.15) is 16.7 Å². The average molecular weight is 389 g/mol. The zero-order chi connectivity index (χ0) is 20.0. The molecule has 0 aliphatic heterocycles. The maximum atomic E-state index is 12.5. The van der Waals surface area contributed by atoms with Crippen LogP contribution < -0.4 is 10.2 Å². The highest BCUT2D eigenvalue weighted by molar-refractivity contribution is 6.30. The predicted molar refractivity (Wildman–Crippen MR) is 109 cm³/mol. The molecule has 1 atom stereocenters. The molecular weight excluding hydrogens is 362 g/mol. The van der Waals surface area contributed by atoms with Crippen molar-refractivity contribution in [1.82, 2.24) is 4.90 Å². The first kappa shape index (κ1) is 20.9. The molecule has 27 heavy (non-hydrogen) atoms. The van der Waals surface area contributed by atoms with Crippen molar-refractivity contribution in [1.29, 1.82) is 0 Å². The largest absolute Gasteiger partial charge is 0.337 e. The van der Waals surface area contributed by atoms with Crippen LogP contribution in [0.4, 0.5) is 5.69 Å². The van der Waals surface area contributed by atoms with Gasteiger partial charge in [0.2, 0.25) is 0 Å². The topological polar surface area (TPSA) is 53.9 Å². The Balaban J connectivity index is 1.83. The fourth-order valence-corrected chi connectivity index (χ4v) is 2.96. The van der Waals surface area contributed by atoms with Gasteiger partial charge in [0, 0.05) is 24.3 Å². The van der Waals surface area contributed by atoms with Gasteiger partial charge in [0.25, 0.3) is 11.8 Å². The highest BCUT2D eigenvalue weighted by atomic mass is 35.5. The maximum absolute atomic E-state index is 12.5. The molecule has 5 nitrogen and oxygen atoms in total. The summed E-state index contributed by atoms with van der Waals surface area (Å²) in [5, 5.41) is 3.43. The quantitative estimate of drug-likeness (QED) is 0.763. The minimum absolute atomic E-state index is 0.00627. The SMILES string of the molecule is Cc1ccc(CN(C)C(=O)C[NH+](C)CC(=O)Nc2ccc(Cl)cc2)c(C)c1. The van der Waals surface area contributed by atoms with E-state index in [1.54, 1.807) is 36.2 Å². The van der Waals surface area contributed by atoms with Crippen molar-refractivity contribution < 1.29 is 14.5 Å². The minimum atomic E-state index is -0.139. The van der Waals surface area contributed by atoms with Crippen molar-refractivity contribution in [2.24, 2.45) is 0 Å². The second-order valence-electron chi connectivity index (χ2n) is 7.05. The van der Waals surface area contributed by atoms with E-state index in [1.165, 1.54) is 11.1 Å². The van der Waals surface area contributed by atoms with Gasteiger partial charge in [0.1, 0.15) is 0 Å². The summed E-state index contributed by atoms with van der Waals surface area (Å²) in [5.74, 6) is -0.133. The van der Waals surface area contributed by atoms with E-state index < -0.39 is 0 Å². The molecule has 2 aromatic carbocycles. The summed E-state index contributed by atoms with van der Waals surface area (Å²) in [4.78, 5) is 27.1. The Morgan fingerprint density at radius 3 is 2.37 bits per heavy atom. The highest BCUT2D eigenvalue weighted by Gasteiger charge is 2.18. The van der Waals surface area contributed by atoms with E-state index in [1.807, 2.05) is 7.05 Å². The van der Waals surface area contributed by atoms with E-state index in [0.717, 1.165) is 10.5 Å². The first-order valence-electron chi connectivity index (χ1n) is 8.91. The van der Waals surface area contributed by atoms with Crippen molar-refractivity contribution in [2.75, 3.05) is 32.5 Å². The monoisotopic (exact) mass is 388 g/mol. The summed E-state index contributed by atoms with van der Waals surface area (Å²) < 4.78 is 0. The first-order valence-corrected chi connectivity index (χ1v) is 9.29. The molecule has 144 valence electrons. The molecule has 0 heterocycles. The van der Waals surface area contributed by atoms with Crippen LogP contribution in [0.25, 0.3) is 0 Å². The van der Waals surface area contributed by atoms with Crippen LogP contribution in [0.15, 0.2) is 42.5 Å². The third kappa shape index (κ3) is 6.70. The number of rotatable bonds is 7. The van der Waals surface area contributed by atoms with Gasteiger partial charge in [-0.15, -0.1) is 0 Å². The van der Waals surface area contributed by atoms with E-state index in [4.69, 9.17) is 11.6 Å². The number of hydrogen-bond acceptors (Lipinski definition) is 2. The molecule has 2 rings (SSSR count). The molecule has 1 unspecified atom stereocenters. The number of carbonyl (C=O) groups excluding carboxylic acids is 2. The number of nitrogens with one attached hydrogen (secondary N) is 2. The summed E-state index contributed by atoms with van der Waals surface area (Å²) in [6.45, 7) is 5.15. The van der Waals surface area contributed by atoms with E-state index >= 15 is 0 Å². The summed E-state index contributed by atoms with van der Waals surface area (Å²) in [6.07, 6.45) is 0. The molecule has 0 spiro atoms. The standard InChI is InChI=1S/C21H26ClN3O2/c1-15-5-6-17(16(2)11-15)12-25(4)21(27)14-24(3)13-20(26)23-19-9-7-18(22)8-10-19/h5-11H,12-14H2,1-4H3,(H,23,26)/p+1. The molecule has 0 saturated heterocycles. The molecule has 0 aromatic heterocycles. The Morgan fingerprint density at radius 2 is 1.74 bits per heavy atom. The number of likely N-dealkylation sites (N-methyl/N-ethyl adjacent to an activating group) is 2. The molecular formula is C21H27ClN3O2+. The Hall–Kier alpha value is -2.37. The lowest BCUT2D eigenvalue weighted by atomic mass is 10.1. The molecule has 2 aromatic rings. The second-order valence-corrected chi connectivity index (χ2v) is 7.48. The van der Waals surface area contributed by atoms with Crippen molar-refractivity contribution in [3.05, 3.63) is 64.2 Å². The van der Waals surface area contributed by atoms with Gasteiger partial charge in [-0.3, -0.25) is 9.59 Å². The van der Waals surface area contributed by atoms with Crippen LogP contribution in [-0.2, 0) is 16.1 Å². The van der Waals surface area contributed by atoms with E-state index in [0.29, 0.717) is 17.3 Å². The Bertz CT molecular complexity index is 806. The summed E-state index contributed by atoms with van der Waals surface area (Å²) in [7, 11) is 3.63. The maximum Gasteiger partial charge on any atom is 0.279 e. The van der Waals surface area contributed by atoms with Gasteiger partial charge in [0.05, 0.1) is 7.05 Å². The van der Waals surface area contributed by atoms with Gasteiger partial charge in [-0.2, -0.15) is 0 Å². The number of nitrogens with zero attached hydrogens (tertiary/aromatic N) is 1. The van der Waals surface area contributed by atoms with Crippen LogP contribution in [-0.4, -0.2) is 43.9 Å². The van der Waals surface area contributed by atoms with Crippen molar-refractivity contribution in [3.63, 3.8) is 0 Å². The van der Waals surface area contributed by atoms with Crippen molar-refractivity contribution in [3.8, 4) is 0 Å². The number of carbonyl (C=O) groups is 2. The summed E-state index contributed by atoms with van der Waals surface area (Å²) >= 11 is 5.84. The molecule has 0 fully saturated rings. The lowest BCUT2D eigenvalue weighted by Crippen LogP contribution is -3.11. The van der Waals surface area contributed by atoms with Crippen molar-refractivity contribution in [2.45, 2.75) is 20.4 Å².